The van der Waals surface area contributed by atoms with Crippen LogP contribution in [0.5, 0.6) is 0 Å². The summed E-state index contributed by atoms with van der Waals surface area (Å²) in [5.41, 5.74) is 6.85. The number of nitrogens with two attached hydrogens (primary N) is 1. The maximum atomic E-state index is 12.6. The highest BCUT2D eigenvalue weighted by Crippen LogP contribution is 2.04. The van der Waals surface area contributed by atoms with E-state index in [1.807, 2.05) is 26.1 Å². The zero-order valence-electron chi connectivity index (χ0n) is 9.41. The molecule has 0 saturated carbocycles. The first-order chi connectivity index (χ1) is 7.08. The molecule has 0 aliphatic carbocycles. The van der Waals surface area contributed by atoms with Crippen molar-refractivity contribution < 1.29 is 4.39 Å². The van der Waals surface area contributed by atoms with Crippen LogP contribution >= 0.6 is 0 Å². The lowest BCUT2D eigenvalue weighted by Crippen LogP contribution is -2.34. The first kappa shape index (κ1) is 12.1. The normalized spacial score (nSPS) is 13.1. The third-order valence-electron chi connectivity index (χ3n) is 2.30. The minimum absolute atomic E-state index is 0.178. The molecule has 0 aliphatic heterocycles. The lowest BCUT2D eigenvalue weighted by Gasteiger charge is -2.18. The molecule has 0 aliphatic rings. The van der Waals surface area contributed by atoms with Gasteiger partial charge in [-0.2, -0.15) is 0 Å². The Morgan fingerprint density at radius 3 is 2.47 bits per heavy atom. The van der Waals surface area contributed by atoms with Crippen LogP contribution in [0.2, 0.25) is 0 Å². The van der Waals surface area contributed by atoms with E-state index in [0.717, 1.165) is 25.1 Å². The van der Waals surface area contributed by atoms with Crippen LogP contribution in [-0.4, -0.2) is 31.1 Å². The summed E-state index contributed by atoms with van der Waals surface area (Å²) < 4.78 is 12.6. The Hall–Kier alpha value is -0.930. The van der Waals surface area contributed by atoms with E-state index in [9.17, 15) is 4.39 Å². The van der Waals surface area contributed by atoms with Gasteiger partial charge in [0.1, 0.15) is 5.82 Å². The first-order valence-electron chi connectivity index (χ1n) is 5.26. The van der Waals surface area contributed by atoms with E-state index in [-0.39, 0.29) is 11.9 Å². The minimum atomic E-state index is -0.178. The number of benzene rings is 1. The fourth-order valence-corrected chi connectivity index (χ4v) is 1.55. The summed E-state index contributed by atoms with van der Waals surface area (Å²) in [5.74, 6) is -0.178. The van der Waals surface area contributed by atoms with Crippen LogP contribution < -0.4 is 5.73 Å². The van der Waals surface area contributed by atoms with Gasteiger partial charge in [0.05, 0.1) is 0 Å². The highest BCUT2D eigenvalue weighted by molar-refractivity contribution is 5.16. The molecule has 84 valence electrons. The van der Waals surface area contributed by atoms with E-state index in [4.69, 9.17) is 5.73 Å². The van der Waals surface area contributed by atoms with Gasteiger partial charge in [-0.25, -0.2) is 4.39 Å². The molecule has 0 amide bonds. The van der Waals surface area contributed by atoms with Gasteiger partial charge in [-0.05, 0) is 38.1 Å². The van der Waals surface area contributed by atoms with Crippen molar-refractivity contribution in [3.63, 3.8) is 0 Å². The maximum absolute atomic E-state index is 12.6. The van der Waals surface area contributed by atoms with Crippen molar-refractivity contribution in [2.45, 2.75) is 19.4 Å². The van der Waals surface area contributed by atoms with Gasteiger partial charge in [0.25, 0.3) is 0 Å². The van der Waals surface area contributed by atoms with Gasteiger partial charge in [-0.1, -0.05) is 12.1 Å². The molecule has 1 unspecified atom stereocenters. The number of hydrogen-bond donors (Lipinski definition) is 1. The predicted molar refractivity (Wildman–Crippen MR) is 61.3 cm³/mol. The largest absolute Gasteiger partial charge is 0.327 e. The van der Waals surface area contributed by atoms with Gasteiger partial charge in [0.15, 0.2) is 0 Å². The number of rotatable bonds is 5. The fraction of sp³-hybridized carbons (Fsp3) is 0.500. The third kappa shape index (κ3) is 4.91. The van der Waals surface area contributed by atoms with Crippen molar-refractivity contribution in [3.05, 3.63) is 35.6 Å². The second-order valence-corrected chi connectivity index (χ2v) is 4.12. The lowest BCUT2D eigenvalue weighted by atomic mass is 10.1. The molecule has 1 atom stereocenters. The van der Waals surface area contributed by atoms with E-state index in [1.165, 1.54) is 12.1 Å². The van der Waals surface area contributed by atoms with Crippen molar-refractivity contribution >= 4 is 0 Å². The van der Waals surface area contributed by atoms with Crippen LogP contribution in [0.3, 0.4) is 0 Å². The van der Waals surface area contributed by atoms with E-state index < -0.39 is 0 Å². The molecule has 3 heteroatoms. The Bertz CT molecular complexity index is 282. The molecule has 1 aromatic rings. The van der Waals surface area contributed by atoms with E-state index in [1.54, 1.807) is 0 Å². The van der Waals surface area contributed by atoms with Crippen LogP contribution in [-0.2, 0) is 6.42 Å². The van der Waals surface area contributed by atoms with E-state index >= 15 is 0 Å². The Labute approximate surface area is 90.9 Å². The second kappa shape index (κ2) is 5.83. The second-order valence-electron chi connectivity index (χ2n) is 4.12. The number of hydrogen-bond acceptors (Lipinski definition) is 2. The van der Waals surface area contributed by atoms with Crippen LogP contribution in [0.15, 0.2) is 24.3 Å². The van der Waals surface area contributed by atoms with Crippen molar-refractivity contribution in [1.29, 1.82) is 0 Å². The predicted octanol–water partition coefficient (Wildman–Crippen LogP) is 1.65. The SMILES string of the molecule is CC(N)CN(C)CCc1ccc(F)cc1. The monoisotopic (exact) mass is 210 g/mol. The molecule has 2 N–H and O–H groups in total. The van der Waals surface area contributed by atoms with Crippen LogP contribution in [0.1, 0.15) is 12.5 Å². The number of halogens is 1. The lowest BCUT2D eigenvalue weighted by molar-refractivity contribution is 0.321. The summed E-state index contributed by atoms with van der Waals surface area (Å²) in [6.45, 7) is 3.84. The topological polar surface area (TPSA) is 29.3 Å². The molecule has 0 saturated heterocycles. The molecule has 15 heavy (non-hydrogen) atoms. The number of nitrogens with zero attached hydrogens (tertiary/aromatic N) is 1. The molecule has 0 heterocycles. The molecule has 1 aromatic carbocycles. The Morgan fingerprint density at radius 1 is 1.33 bits per heavy atom. The summed E-state index contributed by atoms with van der Waals surface area (Å²) in [7, 11) is 2.05. The van der Waals surface area contributed by atoms with Gasteiger partial charge >= 0.3 is 0 Å². The average molecular weight is 210 g/mol. The standard InChI is InChI=1S/C12H19FN2/c1-10(14)9-15(2)8-7-11-3-5-12(13)6-4-11/h3-6,10H,7-9,14H2,1-2H3. The fourth-order valence-electron chi connectivity index (χ4n) is 1.55. The zero-order chi connectivity index (χ0) is 11.3. The molecule has 0 aromatic heterocycles. The maximum Gasteiger partial charge on any atom is 0.123 e. The van der Waals surface area contributed by atoms with Crippen molar-refractivity contribution in [1.82, 2.24) is 4.90 Å². The molecule has 0 radical (unpaired) electrons. The van der Waals surface area contributed by atoms with Gasteiger partial charge in [-0.3, -0.25) is 0 Å². The molecular formula is C12H19FN2. The van der Waals surface area contributed by atoms with Crippen LogP contribution in [0, 0.1) is 5.82 Å². The Kier molecular flexibility index (Phi) is 4.72. The molecule has 0 fully saturated rings. The summed E-state index contributed by atoms with van der Waals surface area (Å²) in [4.78, 5) is 2.19. The summed E-state index contributed by atoms with van der Waals surface area (Å²) >= 11 is 0. The van der Waals surface area contributed by atoms with E-state index in [0.29, 0.717) is 0 Å². The van der Waals surface area contributed by atoms with E-state index in [2.05, 4.69) is 4.90 Å². The number of likely N-dealkylation sites (N-methyl/N-ethyl adjacent to an activating group) is 1. The first-order valence-corrected chi connectivity index (χ1v) is 5.26. The average Bonchev–Trinajstić information content (AvgIpc) is 2.16. The van der Waals surface area contributed by atoms with Gasteiger partial charge in [0.2, 0.25) is 0 Å². The molecule has 0 bridgehead atoms. The summed E-state index contributed by atoms with van der Waals surface area (Å²) in [5, 5.41) is 0. The highest BCUT2D eigenvalue weighted by atomic mass is 19.1. The molecule has 2 nitrogen and oxygen atoms in total. The minimum Gasteiger partial charge on any atom is -0.327 e. The Balaban J connectivity index is 2.33. The summed E-state index contributed by atoms with van der Waals surface area (Å²) in [6, 6.07) is 6.86. The van der Waals surface area contributed by atoms with Crippen LogP contribution in [0.25, 0.3) is 0 Å². The highest BCUT2D eigenvalue weighted by Gasteiger charge is 2.02. The molecular weight excluding hydrogens is 191 g/mol. The smallest absolute Gasteiger partial charge is 0.123 e. The van der Waals surface area contributed by atoms with Gasteiger partial charge in [0, 0.05) is 19.1 Å². The van der Waals surface area contributed by atoms with Crippen LogP contribution in [0.4, 0.5) is 4.39 Å². The van der Waals surface area contributed by atoms with Gasteiger partial charge in [-0.15, -0.1) is 0 Å². The van der Waals surface area contributed by atoms with Crippen molar-refractivity contribution in [3.8, 4) is 0 Å². The molecule has 1 rings (SSSR count). The van der Waals surface area contributed by atoms with Crippen molar-refractivity contribution in [2.75, 3.05) is 20.1 Å². The van der Waals surface area contributed by atoms with Gasteiger partial charge < -0.3 is 10.6 Å². The molecule has 0 spiro atoms. The van der Waals surface area contributed by atoms with Crippen molar-refractivity contribution in [2.24, 2.45) is 5.73 Å². The Morgan fingerprint density at radius 2 is 1.93 bits per heavy atom. The summed E-state index contributed by atoms with van der Waals surface area (Å²) in [6.07, 6.45) is 0.934. The third-order valence-corrected chi connectivity index (χ3v) is 2.30. The zero-order valence-corrected chi connectivity index (χ0v) is 9.41. The quantitative estimate of drug-likeness (QED) is 0.800.